The zero-order valence-electron chi connectivity index (χ0n) is 7.68. The van der Waals surface area contributed by atoms with Crippen molar-refractivity contribution in [2.75, 3.05) is 7.11 Å². The van der Waals surface area contributed by atoms with Gasteiger partial charge < -0.3 is 4.74 Å². The molecule has 0 saturated heterocycles. The normalized spacial score (nSPS) is 18.0. The Morgan fingerprint density at radius 3 is 2.92 bits per heavy atom. The fraction of sp³-hybridized carbons (Fsp3) is 0.500. The molecular formula is C10H13ClO2. The smallest absolute Gasteiger partial charge is 0.331 e. The highest BCUT2D eigenvalue weighted by atomic mass is 35.5. The molecule has 3 heteroatoms. The van der Waals surface area contributed by atoms with Crippen LogP contribution in [0.25, 0.3) is 0 Å². The Morgan fingerprint density at radius 2 is 2.38 bits per heavy atom. The number of esters is 1. The Morgan fingerprint density at radius 1 is 1.62 bits per heavy atom. The largest absolute Gasteiger partial charge is 0.466 e. The van der Waals surface area contributed by atoms with Crippen LogP contribution in [0.3, 0.4) is 0 Å². The molecule has 0 aromatic heterocycles. The van der Waals surface area contributed by atoms with E-state index in [2.05, 4.69) is 10.8 Å². The molecule has 0 aliphatic heterocycles. The summed E-state index contributed by atoms with van der Waals surface area (Å²) in [5, 5.41) is 0.520. The molecule has 0 amide bonds. The molecule has 0 aromatic rings. The molecule has 0 fully saturated rings. The van der Waals surface area contributed by atoms with Gasteiger partial charge in [-0.2, -0.15) is 0 Å². The maximum absolute atomic E-state index is 10.9. The third-order valence-electron chi connectivity index (χ3n) is 2.04. The van der Waals surface area contributed by atoms with Crippen molar-refractivity contribution < 1.29 is 9.53 Å². The summed E-state index contributed by atoms with van der Waals surface area (Å²) in [5.74, 6) is -0.392. The Kier molecular flexibility index (Phi) is 4.03. The lowest BCUT2D eigenvalue weighted by Crippen LogP contribution is -1.98. The van der Waals surface area contributed by atoms with Gasteiger partial charge in [-0.1, -0.05) is 17.7 Å². The Labute approximate surface area is 83.2 Å². The van der Waals surface area contributed by atoms with E-state index in [9.17, 15) is 4.79 Å². The summed E-state index contributed by atoms with van der Waals surface area (Å²) < 4.78 is 4.48. The van der Waals surface area contributed by atoms with Gasteiger partial charge in [-0.25, -0.2) is 4.79 Å². The predicted molar refractivity (Wildman–Crippen MR) is 52.5 cm³/mol. The summed E-state index contributed by atoms with van der Waals surface area (Å²) in [7, 11) is 1.35. The highest BCUT2D eigenvalue weighted by Gasteiger charge is 2.08. The van der Waals surface area contributed by atoms with Crippen LogP contribution in [0, 0.1) is 0 Å². The fourth-order valence-electron chi connectivity index (χ4n) is 1.31. The van der Waals surface area contributed by atoms with E-state index < -0.39 is 5.97 Å². The van der Waals surface area contributed by atoms with Crippen molar-refractivity contribution in [3.8, 4) is 0 Å². The average molecular weight is 201 g/mol. The zero-order chi connectivity index (χ0) is 9.68. The van der Waals surface area contributed by atoms with Gasteiger partial charge in [0.25, 0.3) is 0 Å². The molecule has 0 saturated carbocycles. The monoisotopic (exact) mass is 200 g/mol. The number of halogens is 1. The zero-order valence-corrected chi connectivity index (χ0v) is 8.43. The summed E-state index contributed by atoms with van der Waals surface area (Å²) in [5.41, 5.74) is 1.07. The van der Waals surface area contributed by atoms with Gasteiger partial charge in [0.05, 0.1) is 12.1 Å². The maximum atomic E-state index is 10.9. The minimum Gasteiger partial charge on any atom is -0.466 e. The summed E-state index contributed by atoms with van der Waals surface area (Å²) >= 11 is 5.93. The van der Waals surface area contributed by atoms with Crippen molar-refractivity contribution in [1.82, 2.24) is 0 Å². The number of hydrogen-bond acceptors (Lipinski definition) is 2. The standard InChI is InChI=1S/C10H13ClO2/c1-13-10(12)7-9(11)8-5-3-2-4-6-8/h5,7H,2-4,6H2,1H3/b9-7-. The van der Waals surface area contributed by atoms with Gasteiger partial charge in [0.1, 0.15) is 0 Å². The van der Waals surface area contributed by atoms with Crippen molar-refractivity contribution in [3.05, 3.63) is 22.8 Å². The minimum atomic E-state index is -0.392. The van der Waals surface area contributed by atoms with Gasteiger partial charge in [0, 0.05) is 6.08 Å². The molecule has 0 N–H and O–H groups in total. The second-order valence-electron chi connectivity index (χ2n) is 2.99. The molecule has 1 aliphatic carbocycles. The Bertz CT molecular complexity index is 254. The van der Waals surface area contributed by atoms with Crippen LogP contribution in [0.15, 0.2) is 22.8 Å². The molecule has 0 atom stereocenters. The van der Waals surface area contributed by atoms with Crippen LogP contribution in [-0.2, 0) is 9.53 Å². The molecule has 1 aliphatic rings. The van der Waals surface area contributed by atoms with Crippen molar-refractivity contribution in [3.63, 3.8) is 0 Å². The molecule has 0 bridgehead atoms. The van der Waals surface area contributed by atoms with E-state index in [0.717, 1.165) is 24.8 Å². The molecule has 0 radical (unpaired) electrons. The summed E-state index contributed by atoms with van der Waals surface area (Å²) in [6.07, 6.45) is 7.81. The first kappa shape index (κ1) is 10.3. The van der Waals surface area contributed by atoms with E-state index in [1.165, 1.54) is 19.6 Å². The first-order valence-electron chi connectivity index (χ1n) is 4.38. The number of carbonyl (C=O) groups excluding carboxylic acids is 1. The average Bonchev–Trinajstić information content (AvgIpc) is 2.19. The van der Waals surface area contributed by atoms with Crippen molar-refractivity contribution in [1.29, 1.82) is 0 Å². The number of hydrogen-bond donors (Lipinski definition) is 0. The summed E-state index contributed by atoms with van der Waals surface area (Å²) in [4.78, 5) is 10.9. The summed E-state index contributed by atoms with van der Waals surface area (Å²) in [6, 6.07) is 0. The highest BCUT2D eigenvalue weighted by molar-refractivity contribution is 6.33. The van der Waals surface area contributed by atoms with Gasteiger partial charge in [0.2, 0.25) is 0 Å². The van der Waals surface area contributed by atoms with Crippen LogP contribution >= 0.6 is 11.6 Å². The molecule has 0 spiro atoms. The number of carbonyl (C=O) groups is 1. The third kappa shape index (κ3) is 3.23. The first-order chi connectivity index (χ1) is 6.24. The highest BCUT2D eigenvalue weighted by Crippen LogP contribution is 2.26. The van der Waals surface area contributed by atoms with Gasteiger partial charge in [-0.3, -0.25) is 0 Å². The Hall–Kier alpha value is -0.760. The summed E-state index contributed by atoms with van der Waals surface area (Å²) in [6.45, 7) is 0. The van der Waals surface area contributed by atoms with Gasteiger partial charge in [-0.15, -0.1) is 0 Å². The fourth-order valence-corrected chi connectivity index (χ4v) is 1.57. The van der Waals surface area contributed by atoms with E-state index in [-0.39, 0.29) is 0 Å². The first-order valence-corrected chi connectivity index (χ1v) is 4.76. The van der Waals surface area contributed by atoms with Crippen LogP contribution < -0.4 is 0 Å². The van der Waals surface area contributed by atoms with Crippen LogP contribution in [-0.4, -0.2) is 13.1 Å². The van der Waals surface area contributed by atoms with Crippen LogP contribution in [0.1, 0.15) is 25.7 Å². The van der Waals surface area contributed by atoms with E-state index in [1.54, 1.807) is 0 Å². The van der Waals surface area contributed by atoms with E-state index in [0.29, 0.717) is 5.03 Å². The molecule has 0 heterocycles. The van der Waals surface area contributed by atoms with Gasteiger partial charge >= 0.3 is 5.97 Å². The predicted octanol–water partition coefficient (Wildman–Crippen LogP) is 2.78. The number of allylic oxidation sites excluding steroid dienone is 3. The van der Waals surface area contributed by atoms with Crippen molar-refractivity contribution >= 4 is 17.6 Å². The van der Waals surface area contributed by atoms with Crippen molar-refractivity contribution in [2.24, 2.45) is 0 Å². The van der Waals surface area contributed by atoms with Gasteiger partial charge in [-0.05, 0) is 31.3 Å². The van der Waals surface area contributed by atoms with Gasteiger partial charge in [0.15, 0.2) is 0 Å². The third-order valence-corrected chi connectivity index (χ3v) is 2.40. The lowest BCUT2D eigenvalue weighted by atomic mass is 9.99. The Balaban J connectivity index is 2.65. The quantitative estimate of drug-likeness (QED) is 0.506. The topological polar surface area (TPSA) is 26.3 Å². The minimum absolute atomic E-state index is 0.392. The molecule has 13 heavy (non-hydrogen) atoms. The molecule has 1 rings (SSSR count). The molecule has 0 unspecified atom stereocenters. The van der Waals surface area contributed by atoms with Crippen LogP contribution in [0.2, 0.25) is 0 Å². The molecule has 72 valence electrons. The number of ether oxygens (including phenoxy) is 1. The molecule has 0 aromatic carbocycles. The second kappa shape index (κ2) is 5.07. The van der Waals surface area contributed by atoms with E-state index in [1.807, 2.05) is 0 Å². The SMILES string of the molecule is COC(=O)/C=C(\Cl)C1=CCCCC1. The van der Waals surface area contributed by atoms with Crippen LogP contribution in [0.5, 0.6) is 0 Å². The van der Waals surface area contributed by atoms with E-state index >= 15 is 0 Å². The molecular weight excluding hydrogens is 188 g/mol. The van der Waals surface area contributed by atoms with E-state index in [4.69, 9.17) is 11.6 Å². The number of rotatable bonds is 2. The van der Waals surface area contributed by atoms with Crippen LogP contribution in [0.4, 0.5) is 0 Å². The second-order valence-corrected chi connectivity index (χ2v) is 3.40. The lowest BCUT2D eigenvalue weighted by Gasteiger charge is -2.10. The number of methoxy groups -OCH3 is 1. The van der Waals surface area contributed by atoms with Crippen molar-refractivity contribution in [2.45, 2.75) is 25.7 Å². The lowest BCUT2D eigenvalue weighted by molar-refractivity contribution is -0.134. The molecule has 2 nitrogen and oxygen atoms in total. The maximum Gasteiger partial charge on any atom is 0.331 e.